The second kappa shape index (κ2) is 17.9. The Balaban J connectivity index is 1.15. The van der Waals surface area contributed by atoms with E-state index in [1.54, 1.807) is 0 Å². The number of amides is 3. The maximum Gasteiger partial charge on any atom is 0.411 e. The summed E-state index contributed by atoms with van der Waals surface area (Å²) in [6.45, 7) is 8.45. The summed E-state index contributed by atoms with van der Waals surface area (Å²) in [5.74, 6) is -16.4. The van der Waals surface area contributed by atoms with E-state index < -0.39 is 35.6 Å². The minimum atomic E-state index is -5.44. The van der Waals surface area contributed by atoms with Gasteiger partial charge in [-0.3, -0.25) is 14.4 Å². The minimum Gasteiger partial charge on any atom is -0.477 e. The van der Waals surface area contributed by atoms with Crippen molar-refractivity contribution < 1.29 is 41.8 Å². The number of rotatable bonds is 14. The van der Waals surface area contributed by atoms with E-state index in [0.717, 1.165) is 54.6 Å². The molecule has 320 valence electrons. The first-order valence-corrected chi connectivity index (χ1v) is 19.9. The molecule has 3 aromatic carbocycles. The zero-order valence-corrected chi connectivity index (χ0v) is 33.6. The van der Waals surface area contributed by atoms with Gasteiger partial charge in [-0.2, -0.15) is 17.6 Å². The predicted octanol–water partition coefficient (Wildman–Crippen LogP) is 5.81. The molecule has 3 amide bonds. The normalized spacial score (nSPS) is 19.8. The van der Waals surface area contributed by atoms with E-state index in [1.807, 2.05) is 54.4 Å². The number of anilines is 1. The van der Waals surface area contributed by atoms with Crippen LogP contribution in [0.1, 0.15) is 73.3 Å². The van der Waals surface area contributed by atoms with Gasteiger partial charge in [0, 0.05) is 41.7 Å². The second-order valence-electron chi connectivity index (χ2n) is 16.5. The molecule has 17 heteroatoms. The molecule has 1 saturated heterocycles. The lowest BCUT2D eigenvalue weighted by Gasteiger charge is -2.39. The number of carbonyl (C=O) groups excluding carboxylic acids is 3. The number of aromatic amines is 1. The highest BCUT2D eigenvalue weighted by atomic mass is 19.3. The molecule has 1 unspecified atom stereocenters. The Bertz CT molecular complexity index is 2190. The van der Waals surface area contributed by atoms with Crippen molar-refractivity contribution >= 4 is 29.4 Å². The van der Waals surface area contributed by atoms with E-state index in [4.69, 9.17) is 10.8 Å². The van der Waals surface area contributed by atoms with E-state index in [2.05, 4.69) is 45.3 Å². The summed E-state index contributed by atoms with van der Waals surface area (Å²) in [6.07, 6.45) is 3.93. The Hall–Kier alpha value is -5.68. The van der Waals surface area contributed by atoms with Gasteiger partial charge >= 0.3 is 17.8 Å². The Morgan fingerprint density at radius 2 is 1.58 bits per heavy atom. The topological polar surface area (TPSA) is 204 Å². The summed E-state index contributed by atoms with van der Waals surface area (Å²) in [4.78, 5) is 53.3. The van der Waals surface area contributed by atoms with Crippen LogP contribution in [0.5, 0.6) is 0 Å². The first-order valence-electron chi connectivity index (χ1n) is 19.9. The lowest BCUT2D eigenvalue weighted by Crippen LogP contribution is -2.54. The number of piperidine rings is 1. The largest absolute Gasteiger partial charge is 0.477 e. The third kappa shape index (κ3) is 9.68. The van der Waals surface area contributed by atoms with Crippen LogP contribution in [0, 0.1) is 24.2 Å². The highest BCUT2D eigenvalue weighted by Crippen LogP contribution is 2.42. The molecule has 60 heavy (non-hydrogen) atoms. The number of alkyl halides is 4. The number of hydrogen-bond donors (Lipinski definition) is 7. The Kier molecular flexibility index (Phi) is 13.1. The molecule has 2 heterocycles. The average Bonchev–Trinajstić information content (AvgIpc) is 3.73. The fraction of sp³-hybridized carbons (Fsp3) is 0.442. The molecule has 0 spiro atoms. The number of aliphatic carboxylic acids is 1. The van der Waals surface area contributed by atoms with Crippen molar-refractivity contribution in [2.24, 2.45) is 23.0 Å². The van der Waals surface area contributed by atoms with Crippen LogP contribution in [-0.4, -0.2) is 81.6 Å². The van der Waals surface area contributed by atoms with Gasteiger partial charge in [0.1, 0.15) is 6.04 Å². The monoisotopic (exact) mass is 834 g/mol. The third-order valence-electron chi connectivity index (χ3n) is 11.7. The summed E-state index contributed by atoms with van der Waals surface area (Å²) in [5, 5.41) is 27.4. The van der Waals surface area contributed by atoms with Crippen molar-refractivity contribution in [3.63, 3.8) is 0 Å². The number of halogens is 4. The molecule has 1 aromatic heterocycles. The molecular formula is C43H50F4N8O5. The zero-order valence-electron chi connectivity index (χ0n) is 33.6. The van der Waals surface area contributed by atoms with Gasteiger partial charge in [-0.1, -0.05) is 44.2 Å². The second-order valence-corrected chi connectivity index (χ2v) is 16.5. The van der Waals surface area contributed by atoms with E-state index in [0.29, 0.717) is 30.9 Å². The van der Waals surface area contributed by atoms with Crippen LogP contribution in [-0.2, 0) is 26.7 Å². The summed E-state index contributed by atoms with van der Waals surface area (Å²) in [6, 6.07) is 17.9. The van der Waals surface area contributed by atoms with Crippen LogP contribution in [0.25, 0.3) is 22.5 Å². The van der Waals surface area contributed by atoms with E-state index in [-0.39, 0.29) is 52.7 Å². The summed E-state index contributed by atoms with van der Waals surface area (Å²) >= 11 is 0. The maximum absolute atomic E-state index is 14.3. The Morgan fingerprint density at radius 3 is 2.20 bits per heavy atom. The molecular weight excluding hydrogens is 785 g/mol. The summed E-state index contributed by atoms with van der Waals surface area (Å²) in [5.41, 5.74) is 10.3. The van der Waals surface area contributed by atoms with Gasteiger partial charge < -0.3 is 37.1 Å². The number of carboxylic acid groups (broad SMARTS) is 1. The standard InChI is InChI=1S/C43H50F4N8O5/c1-24-20-30(37(57)52-34-18-19-49-23-41(34,2)3)14-17-32(24)27-8-4-25(5-9-27)21-33(51-36(56)29-10-6-26(22-48)7-11-29)38(58)50-31-15-12-28(13-16-31)35-53-39(55-54-35)42(44,45)43(46,47)40(59)60/h4-5,8-9,12-17,20,26,29,33-34,49H,6-7,10-11,18-19,21-23,48H2,1-3H3,(H,50,58)(H,51,56)(H,52,57)(H,59,60)(H,53,54,55)/t26-,29-,33-,34?/m0/s1. The minimum absolute atomic E-state index is 0.0576. The summed E-state index contributed by atoms with van der Waals surface area (Å²) < 4.78 is 55.9. The van der Waals surface area contributed by atoms with Crippen molar-refractivity contribution in [3.8, 4) is 22.5 Å². The average molecular weight is 835 g/mol. The van der Waals surface area contributed by atoms with Crippen LogP contribution in [0.4, 0.5) is 23.2 Å². The number of H-pyrrole nitrogens is 1. The van der Waals surface area contributed by atoms with E-state index in [9.17, 15) is 36.7 Å². The van der Waals surface area contributed by atoms with Crippen LogP contribution in [0.3, 0.4) is 0 Å². The molecule has 1 aliphatic heterocycles. The Labute approximate surface area is 344 Å². The number of benzene rings is 3. The van der Waals surface area contributed by atoms with E-state index >= 15 is 0 Å². The molecule has 6 rings (SSSR count). The van der Waals surface area contributed by atoms with Crippen LogP contribution >= 0.6 is 0 Å². The quantitative estimate of drug-likeness (QED) is 0.0766. The van der Waals surface area contributed by atoms with Gasteiger partial charge in [0.2, 0.25) is 17.6 Å². The highest BCUT2D eigenvalue weighted by Gasteiger charge is 2.65. The van der Waals surface area contributed by atoms with Crippen molar-refractivity contribution in [3.05, 3.63) is 89.2 Å². The molecule has 2 aliphatic rings. The predicted molar refractivity (Wildman–Crippen MR) is 216 cm³/mol. The molecule has 13 nitrogen and oxygen atoms in total. The number of aryl methyl sites for hydroxylation is 1. The van der Waals surface area contributed by atoms with Crippen LogP contribution in [0.15, 0.2) is 66.7 Å². The third-order valence-corrected chi connectivity index (χ3v) is 11.7. The highest BCUT2D eigenvalue weighted by molar-refractivity contribution is 5.98. The van der Waals surface area contributed by atoms with Gasteiger partial charge in [-0.15, -0.1) is 10.2 Å². The number of nitrogens with zero attached hydrogens (tertiary/aromatic N) is 2. The number of aromatic nitrogens is 3. The van der Waals surface area contributed by atoms with Gasteiger partial charge in [0.05, 0.1) is 0 Å². The maximum atomic E-state index is 14.3. The fourth-order valence-corrected chi connectivity index (χ4v) is 7.78. The van der Waals surface area contributed by atoms with Crippen molar-refractivity contribution in [2.45, 2.75) is 83.2 Å². The number of nitrogens with one attached hydrogen (secondary N) is 5. The molecule has 1 aliphatic carbocycles. The van der Waals surface area contributed by atoms with Gasteiger partial charge in [0.25, 0.3) is 5.91 Å². The molecule has 1 saturated carbocycles. The van der Waals surface area contributed by atoms with E-state index in [1.165, 1.54) is 24.3 Å². The van der Waals surface area contributed by atoms with Gasteiger partial charge in [0.15, 0.2) is 5.82 Å². The molecule has 0 radical (unpaired) electrons. The Morgan fingerprint density at radius 1 is 0.917 bits per heavy atom. The summed E-state index contributed by atoms with van der Waals surface area (Å²) in [7, 11) is 0. The lowest BCUT2D eigenvalue weighted by molar-refractivity contribution is -0.231. The molecule has 8 N–H and O–H groups in total. The number of carbonyl (C=O) groups is 4. The smallest absolute Gasteiger partial charge is 0.411 e. The van der Waals surface area contributed by atoms with Gasteiger partial charge in [-0.05, 0) is 122 Å². The number of nitrogens with two attached hydrogens (primary N) is 1. The molecule has 2 fully saturated rings. The molecule has 0 bridgehead atoms. The van der Waals surface area contributed by atoms with Gasteiger partial charge in [-0.25, -0.2) is 4.79 Å². The fourth-order valence-electron chi connectivity index (χ4n) is 7.78. The van der Waals surface area contributed by atoms with Crippen molar-refractivity contribution in [1.82, 2.24) is 31.1 Å². The number of hydrogen-bond acceptors (Lipinski definition) is 8. The molecule has 2 atom stereocenters. The SMILES string of the molecule is Cc1cc(C(=O)NC2CCNCC2(C)C)ccc1-c1ccc(C[C@H](NC(=O)[C@H]2CC[C@H](CN)CC2)C(=O)Nc2ccc(-c3nnc(C(F)(F)C(F)(F)C(=O)O)[nH]3)cc2)cc1. The molecule has 4 aromatic rings. The van der Waals surface area contributed by atoms with Crippen molar-refractivity contribution in [2.75, 3.05) is 25.0 Å². The first-order chi connectivity index (χ1) is 28.4. The van der Waals surface area contributed by atoms with Crippen LogP contribution < -0.4 is 27.0 Å². The zero-order chi connectivity index (χ0) is 43.4. The van der Waals surface area contributed by atoms with Crippen molar-refractivity contribution in [1.29, 1.82) is 0 Å². The first kappa shape index (κ1) is 43.9. The lowest BCUT2D eigenvalue weighted by atomic mass is 9.80. The number of carboxylic acids is 1. The van der Waals surface area contributed by atoms with Crippen LogP contribution in [0.2, 0.25) is 0 Å².